The third-order valence-corrected chi connectivity index (χ3v) is 6.40. The summed E-state index contributed by atoms with van der Waals surface area (Å²) in [4.78, 5) is 49.1. The van der Waals surface area contributed by atoms with Crippen molar-refractivity contribution in [3.63, 3.8) is 0 Å². The van der Waals surface area contributed by atoms with Gasteiger partial charge in [-0.1, -0.05) is 12.5 Å². The monoisotopic (exact) mass is 458 g/mol. The molecule has 0 aliphatic carbocycles. The Balaban J connectivity index is 1.90. The Morgan fingerprint density at radius 3 is 2.41 bits per heavy atom. The van der Waals surface area contributed by atoms with Crippen molar-refractivity contribution in [2.24, 2.45) is 0 Å². The molecule has 0 saturated carbocycles. The Bertz CT molecular complexity index is 969. The van der Waals surface area contributed by atoms with E-state index in [-0.39, 0.29) is 11.8 Å². The molecular weight excluding hydrogens is 428 g/mol. The zero-order valence-electron chi connectivity index (χ0n) is 18.6. The quantitative estimate of drug-likeness (QED) is 0.333. The summed E-state index contributed by atoms with van der Waals surface area (Å²) in [6, 6.07) is 8.36. The van der Waals surface area contributed by atoms with Crippen LogP contribution in [0.2, 0.25) is 0 Å². The van der Waals surface area contributed by atoms with Crippen molar-refractivity contribution in [1.82, 2.24) is 10.6 Å². The predicted octanol–water partition coefficient (Wildman–Crippen LogP) is 3.52. The second kappa shape index (κ2) is 12.1. The SMILES string of the molecule is Cc1ccc(C(CCCCNC(=O)c2ccc(C)c(C)c2)C(=O)N[C@H](C=O)CC(=O)O)s1. The predicted molar refractivity (Wildman–Crippen MR) is 124 cm³/mol. The third kappa shape index (κ3) is 7.60. The highest BCUT2D eigenvalue weighted by Gasteiger charge is 2.25. The average Bonchev–Trinajstić information content (AvgIpc) is 3.17. The number of aliphatic carboxylic acids is 1. The van der Waals surface area contributed by atoms with Crippen molar-refractivity contribution >= 4 is 35.4 Å². The van der Waals surface area contributed by atoms with Gasteiger partial charge < -0.3 is 20.5 Å². The van der Waals surface area contributed by atoms with Crippen molar-refractivity contribution < 1.29 is 24.3 Å². The van der Waals surface area contributed by atoms with Crippen LogP contribution in [0.4, 0.5) is 0 Å². The lowest BCUT2D eigenvalue weighted by atomic mass is 9.98. The highest BCUT2D eigenvalue weighted by atomic mass is 32.1. The van der Waals surface area contributed by atoms with Gasteiger partial charge in [-0.25, -0.2) is 0 Å². The zero-order chi connectivity index (χ0) is 23.7. The number of amides is 2. The number of thiophene rings is 1. The first-order chi connectivity index (χ1) is 15.2. The molecule has 0 radical (unpaired) electrons. The molecule has 2 atom stereocenters. The minimum Gasteiger partial charge on any atom is -0.481 e. The van der Waals surface area contributed by atoms with E-state index in [1.54, 1.807) is 6.07 Å². The number of carbonyl (C=O) groups excluding carboxylic acids is 3. The number of hydrogen-bond donors (Lipinski definition) is 3. The first-order valence-corrected chi connectivity index (χ1v) is 11.4. The molecule has 8 heteroatoms. The lowest BCUT2D eigenvalue weighted by Gasteiger charge is -2.18. The molecule has 2 amide bonds. The van der Waals surface area contributed by atoms with E-state index in [4.69, 9.17) is 5.11 Å². The Kier molecular flexibility index (Phi) is 9.59. The van der Waals surface area contributed by atoms with Crippen molar-refractivity contribution in [3.8, 4) is 0 Å². The molecule has 0 saturated heterocycles. The van der Waals surface area contributed by atoms with Crippen LogP contribution in [0, 0.1) is 20.8 Å². The summed E-state index contributed by atoms with van der Waals surface area (Å²) in [6.07, 6.45) is 1.91. The number of unbranched alkanes of at least 4 members (excludes halogenated alkanes) is 1. The summed E-state index contributed by atoms with van der Waals surface area (Å²) in [5.74, 6) is -2.10. The Morgan fingerprint density at radius 2 is 1.81 bits per heavy atom. The minimum absolute atomic E-state index is 0.126. The number of hydrogen-bond acceptors (Lipinski definition) is 5. The van der Waals surface area contributed by atoms with E-state index >= 15 is 0 Å². The van der Waals surface area contributed by atoms with Crippen LogP contribution in [0.25, 0.3) is 0 Å². The summed E-state index contributed by atoms with van der Waals surface area (Å²) in [7, 11) is 0. The number of aldehydes is 1. The van der Waals surface area contributed by atoms with Gasteiger partial charge in [0.15, 0.2) is 0 Å². The zero-order valence-corrected chi connectivity index (χ0v) is 19.5. The summed E-state index contributed by atoms with van der Waals surface area (Å²) < 4.78 is 0. The fraction of sp³-hybridized carbons (Fsp3) is 0.417. The van der Waals surface area contributed by atoms with Gasteiger partial charge in [0, 0.05) is 21.9 Å². The highest BCUT2D eigenvalue weighted by molar-refractivity contribution is 7.12. The van der Waals surface area contributed by atoms with Crippen LogP contribution in [0.3, 0.4) is 0 Å². The van der Waals surface area contributed by atoms with Crippen LogP contribution in [0.1, 0.15) is 62.8 Å². The molecule has 0 aliphatic rings. The van der Waals surface area contributed by atoms with Gasteiger partial charge in [0.1, 0.15) is 6.29 Å². The summed E-state index contributed by atoms with van der Waals surface area (Å²) in [5, 5.41) is 14.4. The van der Waals surface area contributed by atoms with Crippen LogP contribution < -0.4 is 10.6 Å². The standard InChI is InChI=1S/C24H30N2O5S/c1-15-7-9-18(12-16(15)2)23(30)25-11-5-4-6-20(21-10-8-17(3)32-21)24(31)26-19(14-27)13-22(28)29/h7-10,12,14,19-20H,4-6,11,13H2,1-3H3,(H,25,30)(H,26,31)(H,28,29)/t19-,20?/m0/s1. The van der Waals surface area contributed by atoms with Gasteiger partial charge in [0.25, 0.3) is 5.91 Å². The molecule has 0 fully saturated rings. The molecule has 1 aromatic heterocycles. The molecule has 2 aromatic rings. The van der Waals surface area contributed by atoms with Gasteiger partial charge in [-0.05, 0) is 69.0 Å². The van der Waals surface area contributed by atoms with Crippen molar-refractivity contribution in [3.05, 3.63) is 56.8 Å². The van der Waals surface area contributed by atoms with E-state index in [1.807, 2.05) is 45.0 Å². The van der Waals surface area contributed by atoms with Gasteiger partial charge in [-0.2, -0.15) is 0 Å². The van der Waals surface area contributed by atoms with E-state index in [1.165, 1.54) is 11.3 Å². The molecule has 2 rings (SSSR count). The number of carboxylic acid groups (broad SMARTS) is 1. The summed E-state index contributed by atoms with van der Waals surface area (Å²) in [6.45, 7) is 6.40. The lowest BCUT2D eigenvalue weighted by Crippen LogP contribution is -2.40. The Hall–Kier alpha value is -3.00. The average molecular weight is 459 g/mol. The molecule has 32 heavy (non-hydrogen) atoms. The van der Waals surface area contributed by atoms with E-state index in [9.17, 15) is 19.2 Å². The van der Waals surface area contributed by atoms with Crippen LogP contribution in [0.5, 0.6) is 0 Å². The maximum atomic E-state index is 12.8. The molecule has 1 unspecified atom stereocenters. The smallest absolute Gasteiger partial charge is 0.305 e. The number of nitrogens with one attached hydrogen (secondary N) is 2. The topological polar surface area (TPSA) is 113 Å². The van der Waals surface area contributed by atoms with Gasteiger partial charge in [0.05, 0.1) is 18.4 Å². The molecule has 0 bridgehead atoms. The number of rotatable bonds is 12. The fourth-order valence-electron chi connectivity index (χ4n) is 3.31. The summed E-state index contributed by atoms with van der Waals surface area (Å²) in [5.41, 5.74) is 2.82. The number of aryl methyl sites for hydroxylation is 3. The van der Waals surface area contributed by atoms with E-state index in [0.29, 0.717) is 37.7 Å². The molecular formula is C24H30N2O5S. The maximum Gasteiger partial charge on any atom is 0.305 e. The molecule has 172 valence electrons. The first-order valence-electron chi connectivity index (χ1n) is 10.6. The lowest BCUT2D eigenvalue weighted by molar-refractivity contribution is -0.138. The van der Waals surface area contributed by atoms with E-state index in [2.05, 4.69) is 10.6 Å². The Morgan fingerprint density at radius 1 is 1.06 bits per heavy atom. The van der Waals surface area contributed by atoms with E-state index < -0.39 is 24.3 Å². The largest absolute Gasteiger partial charge is 0.481 e. The highest BCUT2D eigenvalue weighted by Crippen LogP contribution is 2.29. The summed E-state index contributed by atoms with van der Waals surface area (Å²) >= 11 is 1.51. The molecule has 0 aliphatic heterocycles. The van der Waals surface area contributed by atoms with Crippen LogP contribution in [0.15, 0.2) is 30.3 Å². The Labute approximate surface area is 192 Å². The van der Waals surface area contributed by atoms with Crippen molar-refractivity contribution in [2.45, 2.75) is 58.4 Å². The fourth-order valence-corrected chi connectivity index (χ4v) is 4.32. The minimum atomic E-state index is -1.15. The van der Waals surface area contributed by atoms with E-state index in [0.717, 1.165) is 20.9 Å². The number of benzene rings is 1. The molecule has 1 aromatic carbocycles. The maximum absolute atomic E-state index is 12.8. The first kappa shape index (κ1) is 25.3. The van der Waals surface area contributed by atoms with Gasteiger partial charge in [-0.3, -0.25) is 14.4 Å². The van der Waals surface area contributed by atoms with Crippen LogP contribution >= 0.6 is 11.3 Å². The number of carbonyl (C=O) groups is 4. The van der Waals surface area contributed by atoms with Gasteiger partial charge >= 0.3 is 5.97 Å². The molecule has 0 spiro atoms. The molecule has 1 heterocycles. The second-order valence-electron chi connectivity index (χ2n) is 7.90. The van der Waals surface area contributed by atoms with Gasteiger partial charge in [-0.15, -0.1) is 11.3 Å². The molecule has 3 N–H and O–H groups in total. The molecule has 7 nitrogen and oxygen atoms in total. The second-order valence-corrected chi connectivity index (χ2v) is 9.22. The van der Waals surface area contributed by atoms with Crippen molar-refractivity contribution in [1.29, 1.82) is 0 Å². The van der Waals surface area contributed by atoms with Crippen molar-refractivity contribution in [2.75, 3.05) is 6.54 Å². The van der Waals surface area contributed by atoms with Crippen LogP contribution in [-0.2, 0) is 14.4 Å². The number of carboxylic acids is 1. The van der Waals surface area contributed by atoms with Crippen LogP contribution in [-0.4, -0.2) is 41.8 Å². The third-order valence-electron chi connectivity index (χ3n) is 5.28. The van der Waals surface area contributed by atoms with Gasteiger partial charge in [0.2, 0.25) is 5.91 Å². The normalized spacial score (nSPS) is 12.6.